The first-order chi connectivity index (χ1) is 9.20. The minimum atomic E-state index is 0.429. The highest BCUT2D eigenvalue weighted by molar-refractivity contribution is 5.40. The molecule has 19 heavy (non-hydrogen) atoms. The minimum Gasteiger partial charge on any atom is -0.497 e. The van der Waals surface area contributed by atoms with Gasteiger partial charge in [-0.3, -0.25) is 0 Å². The summed E-state index contributed by atoms with van der Waals surface area (Å²) in [4.78, 5) is 0. The Labute approximate surface area is 115 Å². The zero-order valence-corrected chi connectivity index (χ0v) is 11.9. The van der Waals surface area contributed by atoms with Gasteiger partial charge in [-0.1, -0.05) is 18.2 Å². The normalized spacial score (nSPS) is 17.3. The Morgan fingerprint density at radius 1 is 1.47 bits per heavy atom. The highest BCUT2D eigenvalue weighted by Gasteiger charge is 2.22. The maximum Gasteiger partial charge on any atom is 0.119 e. The van der Waals surface area contributed by atoms with Crippen molar-refractivity contribution in [2.24, 2.45) is 0 Å². The molecule has 1 atom stereocenters. The van der Waals surface area contributed by atoms with Crippen LogP contribution in [0.15, 0.2) is 30.4 Å². The predicted octanol–water partition coefficient (Wildman–Crippen LogP) is 2.86. The summed E-state index contributed by atoms with van der Waals surface area (Å²) in [6.45, 7) is 8.04. The molecule has 1 aromatic carbocycles. The van der Waals surface area contributed by atoms with E-state index in [1.165, 1.54) is 11.1 Å². The molecule has 0 saturated carbocycles. The van der Waals surface area contributed by atoms with Crippen molar-refractivity contribution in [3.05, 3.63) is 41.5 Å². The second-order valence-electron chi connectivity index (χ2n) is 5.12. The Morgan fingerprint density at radius 2 is 2.32 bits per heavy atom. The summed E-state index contributed by atoms with van der Waals surface area (Å²) in [5.74, 6) is 0.936. The minimum absolute atomic E-state index is 0.429. The van der Waals surface area contributed by atoms with Gasteiger partial charge >= 0.3 is 0 Å². The van der Waals surface area contributed by atoms with Gasteiger partial charge in [0.2, 0.25) is 0 Å². The first kappa shape index (κ1) is 14.1. The number of nitrogens with one attached hydrogen (secondary N) is 1. The van der Waals surface area contributed by atoms with Gasteiger partial charge < -0.3 is 14.8 Å². The molecule has 1 N–H and O–H groups in total. The van der Waals surface area contributed by atoms with Crippen molar-refractivity contribution in [1.82, 2.24) is 5.32 Å². The van der Waals surface area contributed by atoms with Gasteiger partial charge in [0.25, 0.3) is 0 Å². The largest absolute Gasteiger partial charge is 0.497 e. The molecule has 3 heteroatoms. The van der Waals surface area contributed by atoms with Crippen molar-refractivity contribution in [2.45, 2.75) is 25.8 Å². The third kappa shape index (κ3) is 3.82. The molecule has 104 valence electrons. The molecule has 1 unspecified atom stereocenters. The average molecular weight is 261 g/mol. The summed E-state index contributed by atoms with van der Waals surface area (Å²) in [6, 6.07) is 6.79. The summed E-state index contributed by atoms with van der Waals surface area (Å²) in [6.07, 6.45) is 2.30. The number of methoxy groups -OCH3 is 1. The third-order valence-corrected chi connectivity index (χ3v) is 3.42. The second kappa shape index (κ2) is 6.73. The van der Waals surface area contributed by atoms with Crippen molar-refractivity contribution in [2.75, 3.05) is 26.9 Å². The van der Waals surface area contributed by atoms with E-state index in [4.69, 9.17) is 9.47 Å². The second-order valence-corrected chi connectivity index (χ2v) is 5.12. The van der Waals surface area contributed by atoms with Gasteiger partial charge in [0.15, 0.2) is 0 Å². The molecule has 0 spiro atoms. The third-order valence-electron chi connectivity index (χ3n) is 3.42. The fraction of sp³-hybridized carbons (Fsp3) is 0.500. The smallest absolute Gasteiger partial charge is 0.119 e. The van der Waals surface area contributed by atoms with Crippen LogP contribution in [0.2, 0.25) is 0 Å². The maximum absolute atomic E-state index is 5.50. The number of fused-ring (bicyclic) bond motifs is 1. The van der Waals surface area contributed by atoms with Gasteiger partial charge in [-0.05, 0) is 43.0 Å². The molecule has 0 aliphatic heterocycles. The van der Waals surface area contributed by atoms with Crippen LogP contribution in [0.1, 0.15) is 30.5 Å². The Kier molecular flexibility index (Phi) is 5.00. The molecular formula is C16H23NO2. The predicted molar refractivity (Wildman–Crippen MR) is 77.7 cm³/mol. The summed E-state index contributed by atoms with van der Waals surface area (Å²) in [5.41, 5.74) is 3.87. The lowest BCUT2D eigenvalue weighted by Gasteiger charge is -2.15. The standard InChI is InChI=1S/C16H23NO2/c1-12(2)11-19-9-8-17-16-7-5-13-4-6-14(18-3)10-15(13)16/h4,6,10,16-17H,1,5,7-9,11H2,2-3H3. The van der Waals surface area contributed by atoms with Gasteiger partial charge in [0.1, 0.15) is 5.75 Å². The Morgan fingerprint density at radius 3 is 3.05 bits per heavy atom. The Balaban J connectivity index is 1.82. The highest BCUT2D eigenvalue weighted by atomic mass is 16.5. The van der Waals surface area contributed by atoms with E-state index in [-0.39, 0.29) is 0 Å². The summed E-state index contributed by atoms with van der Waals surface area (Å²) >= 11 is 0. The molecule has 0 fully saturated rings. The van der Waals surface area contributed by atoms with Gasteiger partial charge in [-0.15, -0.1) is 0 Å². The van der Waals surface area contributed by atoms with Crippen LogP contribution < -0.4 is 10.1 Å². The van der Waals surface area contributed by atoms with Gasteiger partial charge in [0.05, 0.1) is 20.3 Å². The molecule has 1 aromatic rings. The van der Waals surface area contributed by atoms with Gasteiger partial charge in [0, 0.05) is 12.6 Å². The molecule has 0 bridgehead atoms. The van der Waals surface area contributed by atoms with Crippen LogP contribution in [0.4, 0.5) is 0 Å². The van der Waals surface area contributed by atoms with Crippen molar-refractivity contribution in [3.63, 3.8) is 0 Å². The average Bonchev–Trinajstić information content (AvgIpc) is 2.80. The zero-order valence-electron chi connectivity index (χ0n) is 11.9. The quantitative estimate of drug-likeness (QED) is 0.605. The molecule has 1 aliphatic carbocycles. The van der Waals surface area contributed by atoms with E-state index >= 15 is 0 Å². The van der Waals surface area contributed by atoms with Crippen LogP contribution in [0.5, 0.6) is 5.75 Å². The van der Waals surface area contributed by atoms with E-state index in [1.807, 2.05) is 13.0 Å². The Bertz CT molecular complexity index is 442. The van der Waals surface area contributed by atoms with Gasteiger partial charge in [-0.25, -0.2) is 0 Å². The molecular weight excluding hydrogens is 238 g/mol. The van der Waals surface area contributed by atoms with Crippen LogP contribution in [-0.2, 0) is 11.2 Å². The molecule has 1 aliphatic rings. The zero-order chi connectivity index (χ0) is 13.7. The number of hydrogen-bond acceptors (Lipinski definition) is 3. The molecule has 3 nitrogen and oxygen atoms in total. The van der Waals surface area contributed by atoms with Crippen LogP contribution >= 0.6 is 0 Å². The number of aryl methyl sites for hydroxylation is 1. The first-order valence-corrected chi connectivity index (χ1v) is 6.83. The molecule has 0 heterocycles. The van der Waals surface area contributed by atoms with Gasteiger partial charge in [-0.2, -0.15) is 0 Å². The van der Waals surface area contributed by atoms with Crippen LogP contribution in [0, 0.1) is 0 Å². The lowest BCUT2D eigenvalue weighted by molar-refractivity contribution is 0.155. The van der Waals surface area contributed by atoms with E-state index in [0.29, 0.717) is 12.6 Å². The fourth-order valence-electron chi connectivity index (χ4n) is 2.47. The SMILES string of the molecule is C=C(C)COCCNC1CCc2ccc(OC)cc21. The van der Waals surface area contributed by atoms with E-state index in [2.05, 4.69) is 24.0 Å². The Hall–Kier alpha value is -1.32. The van der Waals surface area contributed by atoms with Crippen molar-refractivity contribution < 1.29 is 9.47 Å². The lowest BCUT2D eigenvalue weighted by Crippen LogP contribution is -2.24. The lowest BCUT2D eigenvalue weighted by atomic mass is 10.1. The van der Waals surface area contributed by atoms with Crippen LogP contribution in [-0.4, -0.2) is 26.9 Å². The van der Waals surface area contributed by atoms with E-state index in [1.54, 1.807) is 7.11 Å². The van der Waals surface area contributed by atoms with E-state index in [9.17, 15) is 0 Å². The van der Waals surface area contributed by atoms with Crippen LogP contribution in [0.25, 0.3) is 0 Å². The van der Waals surface area contributed by atoms with Crippen LogP contribution in [0.3, 0.4) is 0 Å². The number of hydrogen-bond donors (Lipinski definition) is 1. The number of rotatable bonds is 7. The molecule has 0 radical (unpaired) electrons. The summed E-state index contributed by atoms with van der Waals surface area (Å²) in [5, 5.41) is 3.55. The topological polar surface area (TPSA) is 30.5 Å². The summed E-state index contributed by atoms with van der Waals surface area (Å²) in [7, 11) is 1.71. The molecule has 0 saturated heterocycles. The highest BCUT2D eigenvalue weighted by Crippen LogP contribution is 2.33. The number of ether oxygens (including phenoxy) is 2. The van der Waals surface area contributed by atoms with Crippen molar-refractivity contribution >= 4 is 0 Å². The first-order valence-electron chi connectivity index (χ1n) is 6.83. The molecule has 0 aromatic heterocycles. The van der Waals surface area contributed by atoms with Crippen molar-refractivity contribution in [1.29, 1.82) is 0 Å². The van der Waals surface area contributed by atoms with E-state index in [0.717, 1.165) is 37.3 Å². The number of benzene rings is 1. The molecule has 0 amide bonds. The monoisotopic (exact) mass is 261 g/mol. The fourth-order valence-corrected chi connectivity index (χ4v) is 2.47. The molecule has 2 rings (SSSR count). The van der Waals surface area contributed by atoms with Crippen molar-refractivity contribution in [3.8, 4) is 5.75 Å². The maximum atomic E-state index is 5.50. The summed E-state index contributed by atoms with van der Waals surface area (Å²) < 4.78 is 10.8. The van der Waals surface area contributed by atoms with E-state index < -0.39 is 0 Å².